The molecule has 0 aliphatic rings. The largest absolute Gasteiger partial charge is 0.465 e. The number of amides is 1. The number of hydrogen-bond donors (Lipinski definition) is 1. The van der Waals surface area contributed by atoms with E-state index >= 15 is 0 Å². The number of fused-ring (bicyclic) bond motifs is 1. The third-order valence-corrected chi connectivity index (χ3v) is 4.52. The van der Waals surface area contributed by atoms with Crippen molar-refractivity contribution in [2.24, 2.45) is 0 Å². The number of nitrogens with zero attached hydrogens (tertiary/aromatic N) is 3. The lowest BCUT2D eigenvalue weighted by Crippen LogP contribution is -2.38. The van der Waals surface area contributed by atoms with Crippen molar-refractivity contribution in [2.45, 2.75) is 39.7 Å². The second-order valence-corrected chi connectivity index (χ2v) is 6.02. The fraction of sp³-hybridized carbons (Fsp3) is 0.474. The van der Waals surface area contributed by atoms with E-state index in [1.165, 1.54) is 4.90 Å². The third-order valence-electron chi connectivity index (χ3n) is 4.52. The Bertz CT molecular complexity index is 665. The standard InChI is InChI=1S/C19H27N3O2/c1-4-21(5-2)14-8-9-15(3)22(19(23)24)18-12-13-20-17-11-7-6-10-16(17)18/h6-7,10-13,15H,4-5,8-9,14H2,1-3H3,(H,23,24). The van der Waals surface area contributed by atoms with Crippen LogP contribution in [0.1, 0.15) is 33.6 Å². The Labute approximate surface area is 143 Å². The average Bonchev–Trinajstić information content (AvgIpc) is 2.59. The van der Waals surface area contributed by atoms with Crippen molar-refractivity contribution < 1.29 is 9.90 Å². The van der Waals surface area contributed by atoms with Gasteiger partial charge in [-0.2, -0.15) is 0 Å². The van der Waals surface area contributed by atoms with E-state index < -0.39 is 6.09 Å². The molecule has 24 heavy (non-hydrogen) atoms. The van der Waals surface area contributed by atoms with Crippen molar-refractivity contribution in [3.05, 3.63) is 36.5 Å². The summed E-state index contributed by atoms with van der Waals surface area (Å²) in [5.74, 6) is 0. The molecule has 0 aliphatic heterocycles. The second-order valence-electron chi connectivity index (χ2n) is 6.02. The summed E-state index contributed by atoms with van der Waals surface area (Å²) in [5, 5.41) is 10.6. The van der Waals surface area contributed by atoms with Crippen molar-refractivity contribution in [3.63, 3.8) is 0 Å². The summed E-state index contributed by atoms with van der Waals surface area (Å²) in [7, 11) is 0. The van der Waals surface area contributed by atoms with E-state index in [0.29, 0.717) is 5.69 Å². The zero-order chi connectivity index (χ0) is 17.5. The van der Waals surface area contributed by atoms with Gasteiger partial charge in [0.1, 0.15) is 0 Å². The Hall–Kier alpha value is -2.14. The van der Waals surface area contributed by atoms with Gasteiger partial charge in [-0.3, -0.25) is 9.88 Å². The molecule has 0 bridgehead atoms. The predicted molar refractivity (Wildman–Crippen MR) is 98.7 cm³/mol. The molecule has 1 unspecified atom stereocenters. The van der Waals surface area contributed by atoms with Crippen LogP contribution in [-0.4, -0.2) is 46.8 Å². The minimum atomic E-state index is -0.915. The molecule has 1 aromatic carbocycles. The molecule has 0 saturated carbocycles. The average molecular weight is 329 g/mol. The van der Waals surface area contributed by atoms with E-state index in [1.807, 2.05) is 31.2 Å². The number of aromatic nitrogens is 1. The fourth-order valence-electron chi connectivity index (χ4n) is 3.10. The molecular formula is C19H27N3O2. The maximum absolute atomic E-state index is 11.9. The van der Waals surface area contributed by atoms with Gasteiger partial charge in [-0.05, 0) is 51.5 Å². The zero-order valence-electron chi connectivity index (χ0n) is 14.8. The topological polar surface area (TPSA) is 56.7 Å². The molecule has 130 valence electrons. The molecule has 1 atom stereocenters. The van der Waals surface area contributed by atoms with Crippen LogP contribution < -0.4 is 4.90 Å². The van der Waals surface area contributed by atoms with E-state index in [0.717, 1.165) is 43.4 Å². The van der Waals surface area contributed by atoms with E-state index in [4.69, 9.17) is 0 Å². The smallest absolute Gasteiger partial charge is 0.412 e. The van der Waals surface area contributed by atoms with E-state index in [1.54, 1.807) is 12.3 Å². The Morgan fingerprint density at radius 3 is 2.58 bits per heavy atom. The Morgan fingerprint density at radius 2 is 1.92 bits per heavy atom. The van der Waals surface area contributed by atoms with Gasteiger partial charge < -0.3 is 10.0 Å². The molecule has 5 nitrogen and oxygen atoms in total. The van der Waals surface area contributed by atoms with Gasteiger partial charge in [-0.15, -0.1) is 0 Å². The molecule has 2 rings (SSSR count). The first kappa shape index (κ1) is 18.2. The summed E-state index contributed by atoms with van der Waals surface area (Å²) in [4.78, 5) is 20.1. The summed E-state index contributed by atoms with van der Waals surface area (Å²) >= 11 is 0. The number of carbonyl (C=O) groups is 1. The molecule has 1 aromatic heterocycles. The highest BCUT2D eigenvalue weighted by Gasteiger charge is 2.23. The van der Waals surface area contributed by atoms with Gasteiger partial charge in [-0.1, -0.05) is 32.0 Å². The van der Waals surface area contributed by atoms with Crippen molar-refractivity contribution in [2.75, 3.05) is 24.5 Å². The first-order valence-electron chi connectivity index (χ1n) is 8.66. The van der Waals surface area contributed by atoms with Crippen molar-refractivity contribution >= 4 is 22.7 Å². The van der Waals surface area contributed by atoms with E-state index in [-0.39, 0.29) is 6.04 Å². The lowest BCUT2D eigenvalue weighted by atomic mass is 10.1. The zero-order valence-corrected chi connectivity index (χ0v) is 14.8. The van der Waals surface area contributed by atoms with Crippen molar-refractivity contribution in [1.29, 1.82) is 0 Å². The normalized spacial score (nSPS) is 12.5. The highest BCUT2D eigenvalue weighted by atomic mass is 16.4. The third kappa shape index (κ3) is 4.23. The molecule has 0 saturated heterocycles. The number of carboxylic acid groups (broad SMARTS) is 1. The number of pyridine rings is 1. The van der Waals surface area contributed by atoms with Crippen LogP contribution in [0, 0.1) is 0 Å². The van der Waals surface area contributed by atoms with Crippen LogP contribution in [0.4, 0.5) is 10.5 Å². The van der Waals surface area contributed by atoms with E-state index in [9.17, 15) is 9.90 Å². The number of benzene rings is 1. The minimum Gasteiger partial charge on any atom is -0.465 e. The highest BCUT2D eigenvalue weighted by molar-refractivity contribution is 5.99. The first-order chi connectivity index (χ1) is 11.6. The molecule has 5 heteroatoms. The summed E-state index contributed by atoms with van der Waals surface area (Å²) in [6.07, 6.45) is 2.58. The monoisotopic (exact) mass is 329 g/mol. The van der Waals surface area contributed by atoms with Crippen LogP contribution in [0.25, 0.3) is 10.9 Å². The van der Waals surface area contributed by atoms with Gasteiger partial charge in [0, 0.05) is 17.6 Å². The SMILES string of the molecule is CCN(CC)CCCC(C)N(C(=O)O)c1ccnc2ccccc12. The summed E-state index contributed by atoms with van der Waals surface area (Å²) < 4.78 is 0. The number of rotatable bonds is 8. The van der Waals surface area contributed by atoms with Gasteiger partial charge in [0.2, 0.25) is 0 Å². The quantitative estimate of drug-likeness (QED) is 0.787. The van der Waals surface area contributed by atoms with Gasteiger partial charge >= 0.3 is 6.09 Å². The molecular weight excluding hydrogens is 302 g/mol. The van der Waals surface area contributed by atoms with E-state index in [2.05, 4.69) is 23.7 Å². The van der Waals surface area contributed by atoms with Crippen LogP contribution in [-0.2, 0) is 0 Å². The Kier molecular flexibility index (Phi) is 6.55. The lowest BCUT2D eigenvalue weighted by Gasteiger charge is -2.28. The molecule has 1 heterocycles. The first-order valence-corrected chi connectivity index (χ1v) is 8.66. The van der Waals surface area contributed by atoms with Crippen LogP contribution in [0.15, 0.2) is 36.5 Å². The van der Waals surface area contributed by atoms with Gasteiger partial charge in [0.25, 0.3) is 0 Å². The molecule has 0 aliphatic carbocycles. The predicted octanol–water partition coefficient (Wildman–Crippen LogP) is 4.23. The Balaban J connectivity index is 2.18. The molecule has 1 N–H and O–H groups in total. The fourth-order valence-corrected chi connectivity index (χ4v) is 3.10. The second kappa shape index (κ2) is 8.64. The van der Waals surface area contributed by atoms with Crippen LogP contribution in [0.3, 0.4) is 0 Å². The molecule has 0 radical (unpaired) electrons. The maximum atomic E-state index is 11.9. The maximum Gasteiger partial charge on any atom is 0.412 e. The van der Waals surface area contributed by atoms with Gasteiger partial charge in [0.05, 0.1) is 11.2 Å². The summed E-state index contributed by atoms with van der Waals surface area (Å²) in [5.41, 5.74) is 1.53. The van der Waals surface area contributed by atoms with Crippen LogP contribution >= 0.6 is 0 Å². The van der Waals surface area contributed by atoms with Crippen LogP contribution in [0.5, 0.6) is 0 Å². The molecule has 1 amide bonds. The molecule has 0 spiro atoms. The summed E-state index contributed by atoms with van der Waals surface area (Å²) in [6.45, 7) is 9.34. The minimum absolute atomic E-state index is 0.0798. The number of hydrogen-bond acceptors (Lipinski definition) is 3. The van der Waals surface area contributed by atoms with Crippen molar-refractivity contribution in [1.82, 2.24) is 9.88 Å². The van der Waals surface area contributed by atoms with Gasteiger partial charge in [-0.25, -0.2) is 4.79 Å². The highest BCUT2D eigenvalue weighted by Crippen LogP contribution is 2.28. The number of anilines is 1. The summed E-state index contributed by atoms with van der Waals surface area (Å²) in [6, 6.07) is 9.37. The lowest BCUT2D eigenvalue weighted by molar-refractivity contribution is 0.198. The molecule has 0 fully saturated rings. The van der Waals surface area contributed by atoms with Crippen molar-refractivity contribution in [3.8, 4) is 0 Å². The van der Waals surface area contributed by atoms with Crippen LogP contribution in [0.2, 0.25) is 0 Å². The molecule has 2 aromatic rings. The Morgan fingerprint density at radius 1 is 1.21 bits per heavy atom. The number of para-hydroxylation sites is 1. The van der Waals surface area contributed by atoms with Gasteiger partial charge in [0.15, 0.2) is 0 Å².